The van der Waals surface area contributed by atoms with Gasteiger partial charge in [-0.05, 0) is 56.7 Å². The predicted octanol–water partition coefficient (Wildman–Crippen LogP) is 6.00. The van der Waals surface area contributed by atoms with Gasteiger partial charge in [0.15, 0.2) is 0 Å². The third kappa shape index (κ3) is 5.60. The predicted molar refractivity (Wildman–Crippen MR) is 118 cm³/mol. The van der Waals surface area contributed by atoms with Gasteiger partial charge in [-0.3, -0.25) is 4.90 Å². The molecule has 1 spiro atoms. The molecule has 3 saturated heterocycles. The van der Waals surface area contributed by atoms with E-state index in [1.165, 1.54) is 0 Å². The van der Waals surface area contributed by atoms with Crippen LogP contribution in [0.5, 0.6) is 0 Å². The molecule has 0 atom stereocenters. The van der Waals surface area contributed by atoms with Gasteiger partial charge in [-0.1, -0.05) is 23.7 Å². The number of nitrogens with zero attached hydrogens (tertiary/aromatic N) is 3. The van der Waals surface area contributed by atoms with Crippen molar-refractivity contribution in [3.8, 4) is 0 Å². The fourth-order valence-corrected chi connectivity index (χ4v) is 5.81. The summed E-state index contributed by atoms with van der Waals surface area (Å²) in [6, 6.07) is 5.97. The van der Waals surface area contributed by atoms with Crippen molar-refractivity contribution in [1.82, 2.24) is 9.80 Å². The summed E-state index contributed by atoms with van der Waals surface area (Å²) in [4.78, 5) is 17.7. The molecule has 0 unspecified atom stereocenters. The zero-order valence-corrected chi connectivity index (χ0v) is 19.9. The second-order valence-corrected chi connectivity index (χ2v) is 9.91. The molecule has 1 aromatic carbocycles. The Labute approximate surface area is 204 Å². The van der Waals surface area contributed by atoms with Crippen LogP contribution in [0.25, 0.3) is 0 Å². The average molecular weight is 528 g/mol. The lowest BCUT2D eigenvalue weighted by Crippen LogP contribution is -2.54. The minimum Gasteiger partial charge on any atom is -0.426 e. The van der Waals surface area contributed by atoms with Crippen molar-refractivity contribution in [2.75, 3.05) is 37.6 Å². The number of anilines is 1. The van der Waals surface area contributed by atoms with Gasteiger partial charge in [-0.15, -0.1) is 0 Å². The first kappa shape index (κ1) is 26.2. The third-order valence-corrected chi connectivity index (χ3v) is 7.81. The molecular weight excluding hydrogens is 500 g/mol. The number of benzene rings is 1. The summed E-state index contributed by atoms with van der Waals surface area (Å²) in [6.45, 7) is 3.38. The maximum absolute atomic E-state index is 12.8. The van der Waals surface area contributed by atoms with E-state index in [-0.39, 0.29) is 18.6 Å². The van der Waals surface area contributed by atoms with Gasteiger partial charge >= 0.3 is 18.4 Å². The highest BCUT2D eigenvalue weighted by Gasteiger charge is 2.60. The molecule has 4 rings (SSSR count). The molecule has 196 valence electrons. The van der Waals surface area contributed by atoms with Gasteiger partial charge in [-0.25, -0.2) is 4.79 Å². The molecule has 0 saturated carbocycles. The molecular formula is C23H28ClF6N3O2. The van der Waals surface area contributed by atoms with E-state index in [0.29, 0.717) is 24.4 Å². The number of amides is 1. The topological polar surface area (TPSA) is 36.0 Å². The number of hydrogen-bond acceptors (Lipinski definition) is 4. The van der Waals surface area contributed by atoms with Crippen molar-refractivity contribution in [1.29, 1.82) is 0 Å². The van der Waals surface area contributed by atoms with Crippen molar-refractivity contribution >= 4 is 23.4 Å². The number of carbonyl (C=O) groups is 1. The molecule has 0 aromatic heterocycles. The summed E-state index contributed by atoms with van der Waals surface area (Å²) in [6.07, 6.45) is -12.3. The molecule has 0 aliphatic carbocycles. The van der Waals surface area contributed by atoms with Crippen molar-refractivity contribution in [2.24, 2.45) is 0 Å². The Kier molecular flexibility index (Phi) is 7.39. The molecule has 3 aliphatic rings. The number of ether oxygens (including phenoxy) is 1. The van der Waals surface area contributed by atoms with Gasteiger partial charge in [0, 0.05) is 38.3 Å². The van der Waals surface area contributed by atoms with E-state index in [9.17, 15) is 31.1 Å². The molecule has 0 radical (unpaired) electrons. The van der Waals surface area contributed by atoms with E-state index in [1.54, 1.807) is 0 Å². The summed E-state index contributed by atoms with van der Waals surface area (Å²) in [5.41, 5.74) is 1.71. The number of alkyl halides is 6. The Morgan fingerprint density at radius 1 is 0.943 bits per heavy atom. The number of halogens is 7. The highest BCUT2D eigenvalue weighted by molar-refractivity contribution is 6.34. The van der Waals surface area contributed by atoms with Gasteiger partial charge in [-0.2, -0.15) is 26.3 Å². The summed E-state index contributed by atoms with van der Waals surface area (Å²) < 4.78 is 80.5. The van der Waals surface area contributed by atoms with E-state index < -0.39 is 24.5 Å². The van der Waals surface area contributed by atoms with Gasteiger partial charge in [0.2, 0.25) is 0 Å². The van der Waals surface area contributed by atoms with Crippen LogP contribution in [0, 0.1) is 0 Å². The number of carbonyl (C=O) groups excluding carboxylic acids is 1. The zero-order valence-electron chi connectivity index (χ0n) is 19.1. The molecule has 35 heavy (non-hydrogen) atoms. The first-order chi connectivity index (χ1) is 16.4. The Morgan fingerprint density at radius 2 is 1.57 bits per heavy atom. The molecule has 12 heteroatoms. The zero-order chi connectivity index (χ0) is 25.4. The quantitative estimate of drug-likeness (QED) is 0.450. The van der Waals surface area contributed by atoms with Crippen LogP contribution in [-0.2, 0) is 11.3 Å². The van der Waals surface area contributed by atoms with Crippen LogP contribution in [0.1, 0.15) is 44.1 Å². The number of hydrogen-bond donors (Lipinski definition) is 0. The van der Waals surface area contributed by atoms with Crippen LogP contribution in [0.4, 0.5) is 36.8 Å². The van der Waals surface area contributed by atoms with Crippen LogP contribution in [-0.4, -0.2) is 72.6 Å². The minimum absolute atomic E-state index is 0.0271. The normalized spacial score (nSPS) is 21.4. The van der Waals surface area contributed by atoms with E-state index in [1.807, 2.05) is 18.2 Å². The Balaban J connectivity index is 1.40. The fraction of sp³-hybridized carbons (Fsp3) is 0.696. The van der Waals surface area contributed by atoms with Gasteiger partial charge in [0.05, 0.1) is 10.7 Å². The second-order valence-electron chi connectivity index (χ2n) is 9.53. The SMILES string of the molecule is O=C(OC(C(F)(F)F)C(F)(F)F)N1CCC2(CCCN2Cc2cccc(N3CCCC3)c2Cl)CC1. The first-order valence-corrected chi connectivity index (χ1v) is 12.1. The Morgan fingerprint density at radius 3 is 2.17 bits per heavy atom. The van der Waals surface area contributed by atoms with Crippen molar-refractivity contribution in [2.45, 2.75) is 69.1 Å². The van der Waals surface area contributed by atoms with Crippen LogP contribution in [0.2, 0.25) is 5.02 Å². The highest BCUT2D eigenvalue weighted by atomic mass is 35.5. The number of piperidine rings is 1. The van der Waals surface area contributed by atoms with E-state index >= 15 is 0 Å². The lowest BCUT2D eigenvalue weighted by Gasteiger charge is -2.45. The molecule has 0 bridgehead atoms. The lowest BCUT2D eigenvalue weighted by molar-refractivity contribution is -0.308. The van der Waals surface area contributed by atoms with Crippen LogP contribution < -0.4 is 4.90 Å². The van der Waals surface area contributed by atoms with Crippen molar-refractivity contribution < 1.29 is 35.9 Å². The monoisotopic (exact) mass is 527 g/mol. The molecule has 5 nitrogen and oxygen atoms in total. The number of rotatable bonds is 4. The van der Waals surface area contributed by atoms with Crippen molar-refractivity contribution in [3.05, 3.63) is 28.8 Å². The molecule has 1 amide bonds. The van der Waals surface area contributed by atoms with Gasteiger partial charge < -0.3 is 14.5 Å². The van der Waals surface area contributed by atoms with E-state index in [4.69, 9.17) is 11.6 Å². The molecule has 3 aliphatic heterocycles. The fourth-order valence-electron chi connectivity index (χ4n) is 5.50. The standard InChI is InChI=1S/C23H28ClF6N3O2/c24-18-16(5-3-6-17(18)31-10-1-2-11-31)15-33-12-4-7-21(33)8-13-32(14-9-21)20(34)35-19(22(25,26)27)23(28,29)30/h3,5-6,19H,1-2,4,7-15H2. The molecule has 3 fully saturated rings. The largest absolute Gasteiger partial charge is 0.434 e. The summed E-state index contributed by atoms with van der Waals surface area (Å²) in [7, 11) is 0. The minimum atomic E-state index is -5.73. The van der Waals surface area contributed by atoms with Gasteiger partial charge in [0.1, 0.15) is 0 Å². The van der Waals surface area contributed by atoms with Gasteiger partial charge in [0.25, 0.3) is 6.10 Å². The second kappa shape index (κ2) is 9.88. The summed E-state index contributed by atoms with van der Waals surface area (Å²) in [5.74, 6) is 0. The summed E-state index contributed by atoms with van der Waals surface area (Å²) >= 11 is 6.76. The maximum atomic E-state index is 12.8. The molecule has 0 N–H and O–H groups in total. The first-order valence-electron chi connectivity index (χ1n) is 11.8. The molecule has 1 aromatic rings. The van der Waals surface area contributed by atoms with Crippen LogP contribution in [0.3, 0.4) is 0 Å². The van der Waals surface area contributed by atoms with Crippen LogP contribution in [0.15, 0.2) is 18.2 Å². The lowest BCUT2D eigenvalue weighted by atomic mass is 9.85. The molecule has 3 heterocycles. The Hall–Kier alpha value is -1.88. The van der Waals surface area contributed by atoms with E-state index in [0.717, 1.165) is 61.5 Å². The van der Waals surface area contributed by atoms with Crippen LogP contribution >= 0.6 is 11.6 Å². The number of likely N-dealkylation sites (tertiary alicyclic amines) is 2. The van der Waals surface area contributed by atoms with Crippen molar-refractivity contribution in [3.63, 3.8) is 0 Å². The smallest absolute Gasteiger partial charge is 0.426 e. The summed E-state index contributed by atoms with van der Waals surface area (Å²) in [5, 5.41) is 0.711. The van der Waals surface area contributed by atoms with E-state index in [2.05, 4.69) is 14.5 Å². The highest BCUT2D eigenvalue weighted by Crippen LogP contribution is 2.42. The third-order valence-electron chi connectivity index (χ3n) is 7.37. The maximum Gasteiger partial charge on any atom is 0.434 e. The average Bonchev–Trinajstić information content (AvgIpc) is 3.43. The Bertz CT molecular complexity index is 897.